The molecule has 2 aromatic carbocycles. The van der Waals surface area contributed by atoms with Crippen LogP contribution in [-0.2, 0) is 8.85 Å². The summed E-state index contributed by atoms with van der Waals surface area (Å²) in [5.74, 6) is 0.869. The van der Waals surface area contributed by atoms with E-state index in [1.54, 1.807) is 0 Å². The molecule has 0 unspecified atom stereocenters. The molecule has 2 nitrogen and oxygen atoms in total. The van der Waals surface area contributed by atoms with E-state index in [9.17, 15) is 0 Å². The molecule has 0 aliphatic carbocycles. The van der Waals surface area contributed by atoms with Crippen molar-refractivity contribution in [1.82, 2.24) is 0 Å². The van der Waals surface area contributed by atoms with Crippen molar-refractivity contribution in [1.29, 1.82) is 0 Å². The van der Waals surface area contributed by atoms with Crippen molar-refractivity contribution < 1.29 is 8.85 Å². The van der Waals surface area contributed by atoms with Gasteiger partial charge in [0.2, 0.25) is 0 Å². The van der Waals surface area contributed by atoms with Crippen LogP contribution in [0, 0.1) is 11.8 Å². The molecule has 0 amide bonds. The van der Waals surface area contributed by atoms with Crippen LogP contribution in [0.1, 0.15) is 47.5 Å². The molecule has 2 rings (SSSR count). The normalized spacial score (nSPS) is 12.3. The Morgan fingerprint density at radius 2 is 1.23 bits per heavy atom. The fourth-order valence-electron chi connectivity index (χ4n) is 3.41. The minimum atomic E-state index is -2.77. The molecule has 0 heterocycles. The number of hydrogen-bond acceptors (Lipinski definition) is 2. The van der Waals surface area contributed by atoms with E-state index in [1.807, 2.05) is 0 Å². The first kappa shape index (κ1) is 20.9. The van der Waals surface area contributed by atoms with Gasteiger partial charge in [0.05, 0.1) is 6.10 Å². The van der Waals surface area contributed by atoms with Crippen LogP contribution in [0.3, 0.4) is 0 Å². The summed E-state index contributed by atoms with van der Waals surface area (Å²) >= 11 is 0. The van der Waals surface area contributed by atoms with Crippen LogP contribution >= 0.6 is 0 Å². The minimum absolute atomic E-state index is 0.156. The van der Waals surface area contributed by atoms with Crippen LogP contribution in [0.4, 0.5) is 0 Å². The average Bonchev–Trinajstić information content (AvgIpc) is 2.65. The van der Waals surface area contributed by atoms with Crippen molar-refractivity contribution in [3.05, 3.63) is 60.7 Å². The predicted octanol–water partition coefficient (Wildman–Crippen LogP) is 4.76. The topological polar surface area (TPSA) is 18.5 Å². The first-order valence-electron chi connectivity index (χ1n) is 9.94. The highest BCUT2D eigenvalue weighted by Crippen LogP contribution is 2.23. The maximum Gasteiger partial charge on any atom is 0.407 e. The lowest BCUT2D eigenvalue weighted by atomic mass is 9.97. The summed E-state index contributed by atoms with van der Waals surface area (Å²) in [6.07, 6.45) is 2.32. The molecule has 0 aromatic heterocycles. The van der Waals surface area contributed by atoms with Crippen molar-refractivity contribution in [2.24, 2.45) is 11.8 Å². The van der Waals surface area contributed by atoms with Gasteiger partial charge >= 0.3 is 8.56 Å². The molecule has 0 N–H and O–H groups in total. The van der Waals surface area contributed by atoms with Crippen molar-refractivity contribution in [2.45, 2.75) is 53.6 Å². The SMILES string of the molecule is CCCCO[Si](OC(C(C)C)C(C)C)(c1ccccc1)c1ccccc1. The Balaban J connectivity index is 2.55. The average molecular weight is 371 g/mol. The van der Waals surface area contributed by atoms with E-state index >= 15 is 0 Å². The molecule has 0 radical (unpaired) electrons. The van der Waals surface area contributed by atoms with E-state index in [0.717, 1.165) is 19.4 Å². The summed E-state index contributed by atoms with van der Waals surface area (Å²) in [4.78, 5) is 0. The zero-order valence-electron chi connectivity index (χ0n) is 16.9. The van der Waals surface area contributed by atoms with Gasteiger partial charge in [0, 0.05) is 6.61 Å². The summed E-state index contributed by atoms with van der Waals surface area (Å²) in [7, 11) is -2.77. The molecule has 0 fully saturated rings. The van der Waals surface area contributed by atoms with Crippen molar-refractivity contribution >= 4 is 18.9 Å². The number of benzene rings is 2. The van der Waals surface area contributed by atoms with Crippen LogP contribution in [-0.4, -0.2) is 21.3 Å². The summed E-state index contributed by atoms with van der Waals surface area (Å²) in [5.41, 5.74) is 0. The van der Waals surface area contributed by atoms with Gasteiger partial charge in [-0.3, -0.25) is 0 Å². The van der Waals surface area contributed by atoms with Crippen molar-refractivity contribution in [3.63, 3.8) is 0 Å². The molecule has 3 heteroatoms. The Morgan fingerprint density at radius 1 is 0.769 bits per heavy atom. The van der Waals surface area contributed by atoms with Gasteiger partial charge in [-0.05, 0) is 28.6 Å². The van der Waals surface area contributed by atoms with Crippen LogP contribution < -0.4 is 10.4 Å². The van der Waals surface area contributed by atoms with Gasteiger partial charge in [-0.1, -0.05) is 102 Å². The van der Waals surface area contributed by atoms with E-state index in [-0.39, 0.29) is 6.10 Å². The lowest BCUT2D eigenvalue weighted by molar-refractivity contribution is 0.0631. The molecular formula is C23H34O2Si. The quantitative estimate of drug-likeness (QED) is 0.443. The van der Waals surface area contributed by atoms with Crippen LogP contribution in [0.15, 0.2) is 60.7 Å². The minimum Gasteiger partial charge on any atom is -0.388 e. The third-order valence-corrected chi connectivity index (χ3v) is 8.13. The lowest BCUT2D eigenvalue weighted by Gasteiger charge is -2.38. The second kappa shape index (κ2) is 10.1. The molecule has 26 heavy (non-hydrogen) atoms. The third-order valence-electron chi connectivity index (χ3n) is 4.73. The lowest BCUT2D eigenvalue weighted by Crippen LogP contribution is -2.65. The Bertz CT molecular complexity index is 578. The smallest absolute Gasteiger partial charge is 0.388 e. The van der Waals surface area contributed by atoms with Gasteiger partial charge in [-0.2, -0.15) is 0 Å². The van der Waals surface area contributed by atoms with Gasteiger partial charge in [0.25, 0.3) is 0 Å². The molecule has 0 bridgehead atoms. The second-order valence-electron chi connectivity index (χ2n) is 7.62. The highest BCUT2D eigenvalue weighted by atomic mass is 28.4. The molecule has 0 atom stereocenters. The largest absolute Gasteiger partial charge is 0.407 e. The van der Waals surface area contributed by atoms with E-state index in [4.69, 9.17) is 8.85 Å². The first-order valence-corrected chi connectivity index (χ1v) is 11.8. The van der Waals surface area contributed by atoms with E-state index in [0.29, 0.717) is 11.8 Å². The van der Waals surface area contributed by atoms with Gasteiger partial charge in [0.1, 0.15) is 0 Å². The molecule has 142 valence electrons. The highest BCUT2D eigenvalue weighted by molar-refractivity contribution is 6.92. The van der Waals surface area contributed by atoms with Crippen molar-refractivity contribution in [2.75, 3.05) is 6.61 Å². The molecule has 0 saturated heterocycles. The zero-order chi connectivity index (χ0) is 19.0. The maximum atomic E-state index is 7.00. The van der Waals surface area contributed by atoms with Gasteiger partial charge in [-0.15, -0.1) is 0 Å². The zero-order valence-corrected chi connectivity index (χ0v) is 17.9. The fraction of sp³-hybridized carbons (Fsp3) is 0.478. The molecule has 2 aromatic rings. The standard InChI is InChI=1S/C23H34O2Si/c1-6-7-18-24-26(21-14-10-8-11-15-21,22-16-12-9-13-17-22)25-23(19(2)3)20(4)5/h8-17,19-20,23H,6-7,18H2,1-5H3. The van der Waals surface area contributed by atoms with E-state index < -0.39 is 8.56 Å². The van der Waals surface area contributed by atoms with E-state index in [2.05, 4.69) is 95.3 Å². The van der Waals surface area contributed by atoms with Crippen LogP contribution in [0.25, 0.3) is 0 Å². The molecule has 0 aliphatic rings. The first-order chi connectivity index (χ1) is 12.5. The van der Waals surface area contributed by atoms with Gasteiger partial charge in [-0.25, -0.2) is 0 Å². The molecule has 0 saturated carbocycles. The summed E-state index contributed by atoms with van der Waals surface area (Å²) in [6.45, 7) is 11.9. The number of hydrogen-bond donors (Lipinski definition) is 0. The van der Waals surface area contributed by atoms with E-state index in [1.165, 1.54) is 10.4 Å². The van der Waals surface area contributed by atoms with Gasteiger partial charge in [0.15, 0.2) is 0 Å². The number of unbranched alkanes of at least 4 members (excludes halogenated alkanes) is 1. The van der Waals surface area contributed by atoms with Crippen LogP contribution in [0.2, 0.25) is 0 Å². The summed E-state index contributed by atoms with van der Waals surface area (Å²) in [6, 6.07) is 21.2. The Morgan fingerprint density at radius 3 is 1.62 bits per heavy atom. The monoisotopic (exact) mass is 370 g/mol. The molecular weight excluding hydrogens is 336 g/mol. The second-order valence-corrected chi connectivity index (χ2v) is 10.5. The van der Waals surface area contributed by atoms with Crippen molar-refractivity contribution in [3.8, 4) is 0 Å². The highest BCUT2D eigenvalue weighted by Gasteiger charge is 2.45. The summed E-state index contributed by atoms with van der Waals surface area (Å²) in [5, 5.41) is 2.38. The van der Waals surface area contributed by atoms with Gasteiger partial charge < -0.3 is 8.85 Å². The maximum absolute atomic E-state index is 7.00. The Kier molecular flexibility index (Phi) is 8.07. The third kappa shape index (κ3) is 5.06. The Hall–Kier alpha value is -1.42. The Labute approximate surface area is 160 Å². The van der Waals surface area contributed by atoms with Crippen LogP contribution in [0.5, 0.6) is 0 Å². The summed E-state index contributed by atoms with van der Waals surface area (Å²) < 4.78 is 13.7. The molecule has 0 aliphatic heterocycles. The number of rotatable bonds is 10. The molecule has 0 spiro atoms. The predicted molar refractivity (Wildman–Crippen MR) is 113 cm³/mol. The fourth-order valence-corrected chi connectivity index (χ4v) is 7.04.